The van der Waals surface area contributed by atoms with Crippen LogP contribution in [-0.2, 0) is 0 Å². The molecule has 0 aliphatic carbocycles. The maximum Gasteiger partial charge on any atom is 0.250 e. The minimum Gasteiger partial charge on any atom is -0.396 e. The number of aryl methyl sites for hydroxylation is 1. The number of nitrogen functional groups attached to an aromatic ring is 1. The van der Waals surface area contributed by atoms with Crippen LogP contribution in [0, 0.1) is 12.7 Å². The summed E-state index contributed by atoms with van der Waals surface area (Å²) in [7, 11) is 0. The number of primary amides is 1. The van der Waals surface area contributed by atoms with Gasteiger partial charge in [-0.15, -0.1) is 0 Å². The number of hydrogen-bond donors (Lipinski definition) is 3. The summed E-state index contributed by atoms with van der Waals surface area (Å²) in [6.07, 6.45) is 0. The number of anilines is 3. The smallest absolute Gasteiger partial charge is 0.250 e. The highest BCUT2D eigenvalue weighted by Crippen LogP contribution is 2.30. The number of hydrogen-bond acceptors (Lipinski definition) is 3. The lowest BCUT2D eigenvalue weighted by Gasteiger charge is -2.14. The van der Waals surface area contributed by atoms with E-state index in [4.69, 9.17) is 11.5 Å². The van der Waals surface area contributed by atoms with Crippen LogP contribution in [0.25, 0.3) is 0 Å². The Balaban J connectivity index is 2.43. The van der Waals surface area contributed by atoms with Gasteiger partial charge >= 0.3 is 0 Å². The lowest BCUT2D eigenvalue weighted by Crippen LogP contribution is -2.14. The lowest BCUT2D eigenvalue weighted by molar-refractivity contribution is 0.100. The monoisotopic (exact) mass is 337 g/mol. The van der Waals surface area contributed by atoms with E-state index in [1.165, 1.54) is 6.07 Å². The molecule has 0 spiro atoms. The van der Waals surface area contributed by atoms with E-state index in [0.29, 0.717) is 15.8 Å². The van der Waals surface area contributed by atoms with E-state index in [1.807, 2.05) is 0 Å². The highest BCUT2D eigenvalue weighted by molar-refractivity contribution is 9.10. The molecule has 0 saturated heterocycles. The number of halogens is 2. The van der Waals surface area contributed by atoms with Gasteiger partial charge in [0.05, 0.1) is 21.4 Å². The van der Waals surface area contributed by atoms with Gasteiger partial charge in [-0.1, -0.05) is 6.07 Å². The van der Waals surface area contributed by atoms with Crippen LogP contribution in [0.3, 0.4) is 0 Å². The second-order valence-electron chi connectivity index (χ2n) is 4.34. The van der Waals surface area contributed by atoms with E-state index in [9.17, 15) is 9.18 Å². The summed E-state index contributed by atoms with van der Waals surface area (Å²) < 4.78 is 13.7. The third kappa shape index (κ3) is 2.75. The topological polar surface area (TPSA) is 81.1 Å². The van der Waals surface area contributed by atoms with Gasteiger partial charge in [-0.3, -0.25) is 4.79 Å². The number of para-hydroxylation sites is 1. The molecular formula is C14H13BrFN3O. The van der Waals surface area contributed by atoms with Crippen LogP contribution < -0.4 is 16.8 Å². The molecule has 2 aromatic carbocycles. The van der Waals surface area contributed by atoms with Crippen LogP contribution in [0.15, 0.2) is 34.8 Å². The average Bonchev–Trinajstić information content (AvgIpc) is 2.37. The second-order valence-corrected chi connectivity index (χ2v) is 5.19. The van der Waals surface area contributed by atoms with Gasteiger partial charge in [0.2, 0.25) is 0 Å². The SMILES string of the molecule is Cc1cc(F)c(Br)cc1Nc1cccc(C(N)=O)c1N. The lowest BCUT2D eigenvalue weighted by atomic mass is 10.1. The third-order valence-corrected chi connectivity index (χ3v) is 3.52. The Hall–Kier alpha value is -2.08. The minimum atomic E-state index is -0.594. The summed E-state index contributed by atoms with van der Waals surface area (Å²) >= 11 is 3.13. The van der Waals surface area contributed by atoms with Crippen molar-refractivity contribution in [1.29, 1.82) is 0 Å². The highest BCUT2D eigenvalue weighted by Gasteiger charge is 2.11. The van der Waals surface area contributed by atoms with Crippen molar-refractivity contribution in [3.8, 4) is 0 Å². The van der Waals surface area contributed by atoms with Crippen LogP contribution in [0.1, 0.15) is 15.9 Å². The zero-order chi connectivity index (χ0) is 14.9. The second kappa shape index (κ2) is 5.50. The largest absolute Gasteiger partial charge is 0.396 e. The summed E-state index contributed by atoms with van der Waals surface area (Å²) in [5.74, 6) is -0.935. The van der Waals surface area contributed by atoms with Gasteiger partial charge in [0.1, 0.15) is 5.82 Å². The number of benzene rings is 2. The molecule has 0 atom stereocenters. The standard InChI is InChI=1S/C14H13BrFN3O/c1-7-5-10(16)9(15)6-12(7)19-11-4-2-3-8(13(11)17)14(18)20/h2-6,19H,17H2,1H3,(H2,18,20). The van der Waals surface area contributed by atoms with Crippen molar-refractivity contribution in [1.82, 2.24) is 0 Å². The van der Waals surface area contributed by atoms with Crippen molar-refractivity contribution in [2.75, 3.05) is 11.1 Å². The summed E-state index contributed by atoms with van der Waals surface area (Å²) in [4.78, 5) is 11.2. The van der Waals surface area contributed by atoms with Crippen molar-refractivity contribution < 1.29 is 9.18 Å². The number of rotatable bonds is 3. The van der Waals surface area contributed by atoms with Gasteiger partial charge in [-0.2, -0.15) is 0 Å². The van der Waals surface area contributed by atoms with Crippen molar-refractivity contribution >= 4 is 38.9 Å². The average molecular weight is 338 g/mol. The van der Waals surface area contributed by atoms with Crippen molar-refractivity contribution in [3.63, 3.8) is 0 Å². The molecule has 0 aliphatic rings. The maximum atomic E-state index is 13.4. The molecule has 0 unspecified atom stereocenters. The first-order valence-corrected chi connectivity index (χ1v) is 6.60. The Morgan fingerprint density at radius 2 is 2.00 bits per heavy atom. The number of nitrogens with one attached hydrogen (secondary N) is 1. The van der Waals surface area contributed by atoms with Gasteiger partial charge in [0.15, 0.2) is 0 Å². The van der Waals surface area contributed by atoms with Crippen molar-refractivity contribution in [2.24, 2.45) is 5.73 Å². The molecule has 4 nitrogen and oxygen atoms in total. The number of amides is 1. The van der Waals surface area contributed by atoms with E-state index in [2.05, 4.69) is 21.2 Å². The summed E-state index contributed by atoms with van der Waals surface area (Å²) in [6.45, 7) is 1.77. The molecule has 0 aromatic heterocycles. The fraction of sp³-hybridized carbons (Fsp3) is 0.0714. The van der Waals surface area contributed by atoms with Crippen LogP contribution in [0.4, 0.5) is 21.5 Å². The van der Waals surface area contributed by atoms with Crippen molar-refractivity contribution in [3.05, 3.63) is 51.7 Å². The Morgan fingerprint density at radius 1 is 1.30 bits per heavy atom. The zero-order valence-corrected chi connectivity index (χ0v) is 12.3. The Morgan fingerprint density at radius 3 is 2.65 bits per heavy atom. The van der Waals surface area contributed by atoms with E-state index in [0.717, 1.165) is 5.56 Å². The highest BCUT2D eigenvalue weighted by atomic mass is 79.9. The van der Waals surface area contributed by atoms with Gasteiger partial charge in [0, 0.05) is 5.69 Å². The van der Waals surface area contributed by atoms with Crippen LogP contribution in [0.2, 0.25) is 0 Å². The Labute approximate surface area is 124 Å². The van der Waals surface area contributed by atoms with Gasteiger partial charge < -0.3 is 16.8 Å². The quantitative estimate of drug-likeness (QED) is 0.751. The van der Waals surface area contributed by atoms with E-state index >= 15 is 0 Å². The Kier molecular flexibility index (Phi) is 3.94. The normalized spacial score (nSPS) is 10.3. The first kappa shape index (κ1) is 14.3. The van der Waals surface area contributed by atoms with E-state index in [-0.39, 0.29) is 17.1 Å². The molecule has 0 bridgehead atoms. The summed E-state index contributed by atoms with van der Waals surface area (Å²) in [6, 6.07) is 7.96. The molecule has 0 fully saturated rings. The predicted octanol–water partition coefficient (Wildman–Crippen LogP) is 3.32. The maximum absolute atomic E-state index is 13.4. The van der Waals surface area contributed by atoms with Gasteiger partial charge in [-0.25, -0.2) is 4.39 Å². The molecule has 104 valence electrons. The first-order chi connectivity index (χ1) is 9.40. The van der Waals surface area contributed by atoms with Crippen LogP contribution in [-0.4, -0.2) is 5.91 Å². The molecule has 6 heteroatoms. The Bertz CT molecular complexity index is 688. The number of nitrogens with two attached hydrogens (primary N) is 2. The molecular weight excluding hydrogens is 325 g/mol. The zero-order valence-electron chi connectivity index (χ0n) is 10.7. The first-order valence-electron chi connectivity index (χ1n) is 5.81. The summed E-state index contributed by atoms with van der Waals surface area (Å²) in [5.41, 5.74) is 13.6. The number of carbonyl (C=O) groups is 1. The number of carbonyl (C=O) groups excluding carboxylic acids is 1. The van der Waals surface area contributed by atoms with Gasteiger partial charge in [0.25, 0.3) is 5.91 Å². The predicted molar refractivity (Wildman–Crippen MR) is 81.5 cm³/mol. The fourth-order valence-electron chi connectivity index (χ4n) is 1.82. The third-order valence-electron chi connectivity index (χ3n) is 2.91. The van der Waals surface area contributed by atoms with E-state index < -0.39 is 5.91 Å². The fourth-order valence-corrected chi connectivity index (χ4v) is 2.16. The van der Waals surface area contributed by atoms with E-state index in [1.54, 1.807) is 31.2 Å². The minimum absolute atomic E-state index is 0.244. The summed E-state index contributed by atoms with van der Waals surface area (Å²) in [5, 5.41) is 3.07. The molecule has 0 radical (unpaired) electrons. The van der Waals surface area contributed by atoms with Crippen LogP contribution >= 0.6 is 15.9 Å². The molecule has 2 rings (SSSR count). The molecule has 1 amide bonds. The molecule has 5 N–H and O–H groups in total. The molecule has 2 aromatic rings. The van der Waals surface area contributed by atoms with Gasteiger partial charge in [-0.05, 0) is 52.7 Å². The molecule has 0 saturated carbocycles. The molecule has 20 heavy (non-hydrogen) atoms. The molecule has 0 heterocycles. The molecule has 0 aliphatic heterocycles. The van der Waals surface area contributed by atoms with Crippen molar-refractivity contribution in [2.45, 2.75) is 6.92 Å². The van der Waals surface area contributed by atoms with Crippen LogP contribution in [0.5, 0.6) is 0 Å².